The van der Waals surface area contributed by atoms with E-state index in [2.05, 4.69) is 0 Å². The Balaban J connectivity index is 1.37. The molecule has 19 heteroatoms. The minimum Gasteiger partial charge on any atom is -0.458 e. The van der Waals surface area contributed by atoms with Gasteiger partial charge in [0.2, 0.25) is 12.1 Å². The predicted octanol–water partition coefficient (Wildman–Crippen LogP) is -3.76. The molecule has 4 aliphatic rings. The van der Waals surface area contributed by atoms with E-state index in [0.717, 1.165) is 0 Å². The van der Waals surface area contributed by atoms with Crippen LogP contribution in [0.25, 0.3) is 0 Å². The molecule has 49 heavy (non-hydrogen) atoms. The maximum absolute atomic E-state index is 12.1. The Labute approximate surface area is 280 Å². The topological polar surface area (TPSA) is 286 Å². The van der Waals surface area contributed by atoms with Gasteiger partial charge in [0, 0.05) is 13.0 Å². The van der Waals surface area contributed by atoms with Crippen LogP contribution >= 0.6 is 0 Å². The van der Waals surface area contributed by atoms with Crippen LogP contribution in [0, 0.1) is 0 Å². The Morgan fingerprint density at radius 3 is 1.51 bits per heavy atom. The number of carbonyl (C=O) groups excluding carboxylic acids is 1. The Hall–Kier alpha value is -1.89. The van der Waals surface area contributed by atoms with Crippen molar-refractivity contribution in [3.05, 3.63) is 18.1 Å². The van der Waals surface area contributed by atoms with E-state index in [9.17, 15) is 50.8 Å². The predicted molar refractivity (Wildman–Crippen MR) is 155 cm³/mol. The number of hydrogen-bond donors (Lipinski definition) is 9. The first-order valence-corrected chi connectivity index (χ1v) is 16.0. The second kappa shape index (κ2) is 15.4. The highest BCUT2D eigenvalue weighted by Gasteiger charge is 2.54. The van der Waals surface area contributed by atoms with Crippen molar-refractivity contribution in [3.8, 4) is 5.75 Å². The van der Waals surface area contributed by atoms with Crippen LogP contribution < -0.4 is 4.74 Å². The fraction of sp³-hybridized carbons (Fsp3) is 0.833. The van der Waals surface area contributed by atoms with Crippen LogP contribution in [0.4, 0.5) is 0 Å². The van der Waals surface area contributed by atoms with E-state index < -0.39 is 129 Å². The first-order valence-electron chi connectivity index (χ1n) is 16.0. The maximum Gasteiger partial charge on any atom is 0.229 e. The van der Waals surface area contributed by atoms with E-state index in [0.29, 0.717) is 0 Å². The summed E-state index contributed by atoms with van der Waals surface area (Å²) in [5, 5.41) is 95.6. The van der Waals surface area contributed by atoms with Crippen molar-refractivity contribution in [2.24, 2.45) is 0 Å². The number of ketones is 1. The highest BCUT2D eigenvalue weighted by Crippen LogP contribution is 2.36. The number of rotatable bonds is 9. The molecule has 0 saturated carbocycles. The van der Waals surface area contributed by atoms with Crippen molar-refractivity contribution in [2.45, 2.75) is 157 Å². The molecule has 280 valence electrons. The van der Waals surface area contributed by atoms with Crippen molar-refractivity contribution in [2.75, 3.05) is 0 Å². The van der Waals surface area contributed by atoms with Crippen molar-refractivity contribution >= 4 is 5.78 Å². The third-order valence-corrected chi connectivity index (χ3v) is 9.22. The molecule has 1 aromatic heterocycles. The van der Waals surface area contributed by atoms with E-state index in [1.165, 1.54) is 46.9 Å². The minimum atomic E-state index is -1.79. The zero-order valence-corrected chi connectivity index (χ0v) is 27.3. The quantitative estimate of drug-likeness (QED) is 0.111. The molecule has 9 N–H and O–H groups in total. The van der Waals surface area contributed by atoms with Crippen LogP contribution in [0.5, 0.6) is 5.75 Å². The lowest BCUT2D eigenvalue weighted by molar-refractivity contribution is -0.383. The molecule has 1 aromatic rings. The highest BCUT2D eigenvalue weighted by atomic mass is 16.8. The Bertz CT molecular complexity index is 1250. The second-order valence-electron chi connectivity index (χ2n) is 12.8. The maximum atomic E-state index is 12.1. The van der Waals surface area contributed by atoms with Crippen LogP contribution in [0.1, 0.15) is 45.2 Å². The molecule has 4 aliphatic heterocycles. The van der Waals surface area contributed by atoms with Gasteiger partial charge in [-0.05, 0) is 27.7 Å². The molecular weight excluding hydrogens is 664 g/mol. The number of ether oxygens (including phenoxy) is 8. The van der Waals surface area contributed by atoms with Gasteiger partial charge in [0.1, 0.15) is 67.1 Å². The number of carbonyl (C=O) groups is 1. The number of hydrogen-bond acceptors (Lipinski definition) is 19. The van der Waals surface area contributed by atoms with E-state index in [-0.39, 0.29) is 11.5 Å². The van der Waals surface area contributed by atoms with Crippen molar-refractivity contribution < 1.29 is 93.1 Å². The summed E-state index contributed by atoms with van der Waals surface area (Å²) in [6, 6.07) is 1.33. The van der Waals surface area contributed by atoms with Gasteiger partial charge in [0.15, 0.2) is 36.5 Å². The molecule has 5 rings (SSSR count). The Morgan fingerprint density at radius 1 is 0.531 bits per heavy atom. The highest BCUT2D eigenvalue weighted by molar-refractivity contribution is 5.93. The van der Waals surface area contributed by atoms with Gasteiger partial charge in [-0.3, -0.25) is 4.79 Å². The van der Waals surface area contributed by atoms with Crippen LogP contribution in [-0.4, -0.2) is 175 Å². The van der Waals surface area contributed by atoms with Crippen molar-refractivity contribution in [3.63, 3.8) is 0 Å². The third kappa shape index (κ3) is 7.68. The van der Waals surface area contributed by atoms with Gasteiger partial charge in [-0.15, -0.1) is 0 Å². The average Bonchev–Trinajstić information content (AvgIpc) is 3.52. The summed E-state index contributed by atoms with van der Waals surface area (Å²) in [6.07, 6.45) is -28.5. The molecule has 4 fully saturated rings. The van der Waals surface area contributed by atoms with Gasteiger partial charge in [0.05, 0.1) is 30.7 Å². The Kier molecular flexibility index (Phi) is 12.0. The fourth-order valence-electron chi connectivity index (χ4n) is 6.18. The summed E-state index contributed by atoms with van der Waals surface area (Å²) in [5.74, 6) is -0.709. The van der Waals surface area contributed by atoms with E-state index in [4.69, 9.17) is 42.3 Å². The monoisotopic (exact) mass is 710 g/mol. The molecule has 0 bridgehead atoms. The molecule has 0 spiro atoms. The first kappa shape index (κ1) is 38.3. The lowest BCUT2D eigenvalue weighted by Crippen LogP contribution is -2.66. The molecule has 0 amide bonds. The van der Waals surface area contributed by atoms with Crippen LogP contribution in [0.2, 0.25) is 0 Å². The number of aliphatic hydroxyl groups excluding tert-OH is 9. The molecule has 20 atom stereocenters. The normalized spacial score (nSPS) is 49.4. The van der Waals surface area contributed by atoms with Crippen LogP contribution in [-0.2, 0) is 33.2 Å². The van der Waals surface area contributed by atoms with Crippen molar-refractivity contribution in [1.82, 2.24) is 0 Å². The summed E-state index contributed by atoms with van der Waals surface area (Å²) in [6.45, 7) is 7.01. The van der Waals surface area contributed by atoms with E-state index in [1.807, 2.05) is 0 Å². The van der Waals surface area contributed by atoms with Crippen LogP contribution in [0.15, 0.2) is 16.7 Å². The van der Waals surface area contributed by atoms with Gasteiger partial charge in [-0.1, -0.05) is 0 Å². The zero-order valence-electron chi connectivity index (χ0n) is 27.3. The lowest BCUT2D eigenvalue weighted by atomic mass is 9.96. The number of aliphatic hydroxyl groups is 9. The average molecular weight is 711 g/mol. The van der Waals surface area contributed by atoms with Gasteiger partial charge in [0.25, 0.3) is 0 Å². The summed E-state index contributed by atoms with van der Waals surface area (Å²) >= 11 is 0. The third-order valence-electron chi connectivity index (χ3n) is 9.22. The SMILES string of the molecule is CC(=O)c1occc1O[C@@H]1O[C@H](C)[C@@H](O[C@@H]2O[C@H](C)[C@H](O)[C@H](O[C@@H]3O[C@H](C)[C@H](O)[C@H](O)[C@H]3O)[C@H]2O)[C@H](O)[C@H]1O[C@@H]1O[C@H](C)[C@@H](O)[C@H](O)[C@H]1O. The summed E-state index contributed by atoms with van der Waals surface area (Å²) in [4.78, 5) is 12.1. The standard InChI is InChI=1S/C30H46O19/c1-8(31)23-13(6-7-41-23)46-30-26(49-28-20(38)18(36)15(33)10(3)43-28)21(39)24(12(5)45-30)47-29-22(40)25(16(34)11(4)44-29)48-27-19(37)17(35)14(32)9(2)42-27/h6-7,9-12,14-22,24-30,32-40H,1-5H3/t9-,10-,11-,12-,14+,15-,16+,17+,18+,19-,20-,21+,22-,24-,25+,26-,27+,28+,29+,30+/m1/s1. The molecular formula is C30H46O19. The summed E-state index contributed by atoms with van der Waals surface area (Å²) in [5.41, 5.74) is 0. The van der Waals surface area contributed by atoms with E-state index >= 15 is 0 Å². The largest absolute Gasteiger partial charge is 0.458 e. The number of Topliss-reactive ketones (excluding diaryl/α,β-unsaturated/α-hetero) is 1. The van der Waals surface area contributed by atoms with Gasteiger partial charge < -0.3 is 88.3 Å². The molecule has 4 saturated heterocycles. The first-order chi connectivity index (χ1) is 23.0. The van der Waals surface area contributed by atoms with Gasteiger partial charge >= 0.3 is 0 Å². The second-order valence-corrected chi connectivity index (χ2v) is 12.8. The molecule has 0 aliphatic carbocycles. The molecule has 0 radical (unpaired) electrons. The van der Waals surface area contributed by atoms with E-state index in [1.54, 1.807) is 0 Å². The van der Waals surface area contributed by atoms with Gasteiger partial charge in [-0.2, -0.15) is 0 Å². The summed E-state index contributed by atoms with van der Waals surface area (Å²) < 4.78 is 51.4. The molecule has 0 unspecified atom stereocenters. The van der Waals surface area contributed by atoms with Crippen molar-refractivity contribution in [1.29, 1.82) is 0 Å². The number of furan rings is 1. The van der Waals surface area contributed by atoms with Gasteiger partial charge in [-0.25, -0.2) is 0 Å². The smallest absolute Gasteiger partial charge is 0.229 e. The zero-order chi connectivity index (χ0) is 36.1. The molecule has 5 heterocycles. The Morgan fingerprint density at radius 2 is 0.980 bits per heavy atom. The molecule has 0 aromatic carbocycles. The van der Waals surface area contributed by atoms with Crippen LogP contribution in [0.3, 0.4) is 0 Å². The summed E-state index contributed by atoms with van der Waals surface area (Å²) in [7, 11) is 0. The molecule has 19 nitrogen and oxygen atoms in total. The minimum absolute atomic E-state index is 0.0632. The lowest BCUT2D eigenvalue weighted by Gasteiger charge is -2.49. The fourth-order valence-corrected chi connectivity index (χ4v) is 6.18.